The topological polar surface area (TPSA) is 41.1 Å². The molecule has 1 aromatic heterocycles. The summed E-state index contributed by atoms with van der Waals surface area (Å²) in [5, 5.41) is 3.64. The fraction of sp³-hybridized carbons (Fsp3) is 0.692. The van der Waals surface area contributed by atoms with E-state index in [1.165, 1.54) is 6.42 Å². The summed E-state index contributed by atoms with van der Waals surface area (Å²) in [6.07, 6.45) is 5.98. The standard InChI is InChI=1S/C13H22N4/c1-3-13(2)11-17(9-5-8-16-13)10-12-14-6-4-7-15-12/h4,6-7,16H,3,5,8-11H2,1-2H3. The van der Waals surface area contributed by atoms with Gasteiger partial charge >= 0.3 is 0 Å². The van der Waals surface area contributed by atoms with Crippen molar-refractivity contribution in [2.45, 2.75) is 38.8 Å². The Morgan fingerprint density at radius 3 is 2.88 bits per heavy atom. The highest BCUT2D eigenvalue weighted by Crippen LogP contribution is 2.16. The molecule has 0 saturated carbocycles. The highest BCUT2D eigenvalue weighted by molar-refractivity contribution is 4.92. The van der Waals surface area contributed by atoms with E-state index in [4.69, 9.17) is 0 Å². The average molecular weight is 234 g/mol. The SMILES string of the molecule is CCC1(C)CN(Cc2ncccn2)CCCN1. The van der Waals surface area contributed by atoms with E-state index in [0.29, 0.717) is 0 Å². The zero-order chi connectivity index (χ0) is 12.1. The Hall–Kier alpha value is -1.00. The van der Waals surface area contributed by atoms with E-state index in [9.17, 15) is 0 Å². The summed E-state index contributed by atoms with van der Waals surface area (Å²) in [7, 11) is 0. The molecule has 0 spiro atoms. The quantitative estimate of drug-likeness (QED) is 0.859. The Bertz CT molecular complexity index is 341. The minimum Gasteiger partial charge on any atom is -0.310 e. The van der Waals surface area contributed by atoms with Crippen molar-refractivity contribution in [1.82, 2.24) is 20.2 Å². The normalized spacial score (nSPS) is 26.7. The molecular formula is C13H22N4. The highest BCUT2D eigenvalue weighted by atomic mass is 15.2. The van der Waals surface area contributed by atoms with E-state index in [0.717, 1.165) is 38.4 Å². The van der Waals surface area contributed by atoms with Crippen LogP contribution < -0.4 is 5.32 Å². The number of hydrogen-bond donors (Lipinski definition) is 1. The minimum atomic E-state index is 0.227. The zero-order valence-corrected chi connectivity index (χ0v) is 10.8. The minimum absolute atomic E-state index is 0.227. The molecular weight excluding hydrogens is 212 g/mol. The summed E-state index contributed by atoms with van der Waals surface area (Å²) >= 11 is 0. The highest BCUT2D eigenvalue weighted by Gasteiger charge is 2.27. The average Bonchev–Trinajstić information content (AvgIpc) is 2.53. The van der Waals surface area contributed by atoms with Gasteiger partial charge in [-0.15, -0.1) is 0 Å². The van der Waals surface area contributed by atoms with Crippen molar-refractivity contribution in [2.75, 3.05) is 19.6 Å². The first-order valence-electron chi connectivity index (χ1n) is 6.45. The summed E-state index contributed by atoms with van der Waals surface area (Å²) in [6.45, 7) is 8.71. The molecule has 1 aliphatic heterocycles. The van der Waals surface area contributed by atoms with Crippen LogP contribution in [0.2, 0.25) is 0 Å². The fourth-order valence-electron chi connectivity index (χ4n) is 2.30. The lowest BCUT2D eigenvalue weighted by Crippen LogP contribution is -2.48. The van der Waals surface area contributed by atoms with Crippen molar-refractivity contribution in [3.63, 3.8) is 0 Å². The van der Waals surface area contributed by atoms with Crippen molar-refractivity contribution in [3.8, 4) is 0 Å². The van der Waals surface area contributed by atoms with Crippen LogP contribution in [-0.2, 0) is 6.54 Å². The number of hydrogen-bond acceptors (Lipinski definition) is 4. The second-order valence-corrected chi connectivity index (χ2v) is 5.07. The van der Waals surface area contributed by atoms with Crippen molar-refractivity contribution in [3.05, 3.63) is 24.3 Å². The summed E-state index contributed by atoms with van der Waals surface area (Å²) < 4.78 is 0. The Balaban J connectivity index is 2.00. The molecule has 0 aromatic carbocycles. The van der Waals surface area contributed by atoms with Gasteiger partial charge in [-0.2, -0.15) is 0 Å². The Labute approximate surface area is 103 Å². The smallest absolute Gasteiger partial charge is 0.142 e. The molecule has 0 amide bonds. The Kier molecular flexibility index (Phi) is 4.07. The predicted molar refractivity (Wildman–Crippen MR) is 68.6 cm³/mol. The zero-order valence-electron chi connectivity index (χ0n) is 10.8. The van der Waals surface area contributed by atoms with Crippen molar-refractivity contribution in [1.29, 1.82) is 0 Å². The number of nitrogens with zero attached hydrogens (tertiary/aromatic N) is 3. The van der Waals surface area contributed by atoms with Crippen molar-refractivity contribution >= 4 is 0 Å². The van der Waals surface area contributed by atoms with Crippen LogP contribution in [0.1, 0.15) is 32.5 Å². The Morgan fingerprint density at radius 2 is 2.18 bits per heavy atom. The molecule has 1 unspecified atom stereocenters. The molecule has 4 heteroatoms. The van der Waals surface area contributed by atoms with Gasteiger partial charge in [-0.1, -0.05) is 6.92 Å². The Morgan fingerprint density at radius 1 is 1.41 bits per heavy atom. The number of rotatable bonds is 3. The lowest BCUT2D eigenvalue weighted by atomic mass is 9.98. The molecule has 1 fully saturated rings. The molecule has 1 aromatic rings. The molecule has 1 saturated heterocycles. The van der Waals surface area contributed by atoms with Gasteiger partial charge in [0.05, 0.1) is 6.54 Å². The third kappa shape index (κ3) is 3.48. The van der Waals surface area contributed by atoms with Crippen molar-refractivity contribution < 1.29 is 0 Å². The van der Waals surface area contributed by atoms with E-state index in [1.807, 2.05) is 18.5 Å². The molecule has 0 radical (unpaired) electrons. The maximum atomic E-state index is 4.30. The van der Waals surface area contributed by atoms with Gasteiger partial charge < -0.3 is 5.32 Å². The third-order valence-corrected chi connectivity index (χ3v) is 3.54. The van der Waals surface area contributed by atoms with Crippen LogP contribution in [0.25, 0.3) is 0 Å². The van der Waals surface area contributed by atoms with Crippen LogP contribution in [-0.4, -0.2) is 40.0 Å². The fourth-order valence-corrected chi connectivity index (χ4v) is 2.30. The third-order valence-electron chi connectivity index (χ3n) is 3.54. The van der Waals surface area contributed by atoms with E-state index >= 15 is 0 Å². The van der Waals surface area contributed by atoms with Gasteiger partial charge in [0, 0.05) is 24.5 Å². The van der Waals surface area contributed by atoms with Gasteiger partial charge in [0.25, 0.3) is 0 Å². The number of aromatic nitrogens is 2. The predicted octanol–water partition coefficient (Wildman–Crippen LogP) is 1.44. The molecule has 0 bridgehead atoms. The van der Waals surface area contributed by atoms with E-state index < -0.39 is 0 Å². The molecule has 1 N–H and O–H groups in total. The molecule has 0 aliphatic carbocycles. The van der Waals surface area contributed by atoms with Crippen LogP contribution >= 0.6 is 0 Å². The summed E-state index contributed by atoms with van der Waals surface area (Å²) in [5.41, 5.74) is 0.227. The van der Waals surface area contributed by atoms with Gasteiger partial charge in [-0.3, -0.25) is 4.90 Å². The first kappa shape index (κ1) is 12.5. The summed E-state index contributed by atoms with van der Waals surface area (Å²) in [5.74, 6) is 0.924. The molecule has 2 rings (SSSR count). The maximum absolute atomic E-state index is 4.30. The maximum Gasteiger partial charge on any atom is 0.142 e. The molecule has 94 valence electrons. The molecule has 1 aliphatic rings. The van der Waals surface area contributed by atoms with Gasteiger partial charge in [0.2, 0.25) is 0 Å². The molecule has 4 nitrogen and oxygen atoms in total. The van der Waals surface area contributed by atoms with Crippen molar-refractivity contribution in [2.24, 2.45) is 0 Å². The second-order valence-electron chi connectivity index (χ2n) is 5.07. The van der Waals surface area contributed by atoms with E-state index in [-0.39, 0.29) is 5.54 Å². The van der Waals surface area contributed by atoms with E-state index in [1.54, 1.807) is 0 Å². The van der Waals surface area contributed by atoms with Gasteiger partial charge in [0.1, 0.15) is 5.82 Å². The number of nitrogens with one attached hydrogen (secondary N) is 1. The lowest BCUT2D eigenvalue weighted by Gasteiger charge is -2.32. The van der Waals surface area contributed by atoms with Gasteiger partial charge in [0.15, 0.2) is 0 Å². The van der Waals surface area contributed by atoms with Crippen LogP contribution in [0.5, 0.6) is 0 Å². The van der Waals surface area contributed by atoms with Crippen LogP contribution in [0.3, 0.4) is 0 Å². The largest absolute Gasteiger partial charge is 0.310 e. The van der Waals surface area contributed by atoms with E-state index in [2.05, 4.69) is 34.0 Å². The van der Waals surface area contributed by atoms with Gasteiger partial charge in [-0.25, -0.2) is 9.97 Å². The van der Waals surface area contributed by atoms with Crippen LogP contribution in [0.15, 0.2) is 18.5 Å². The first-order chi connectivity index (χ1) is 8.22. The first-order valence-corrected chi connectivity index (χ1v) is 6.45. The second kappa shape index (κ2) is 5.56. The monoisotopic (exact) mass is 234 g/mol. The van der Waals surface area contributed by atoms with Gasteiger partial charge in [-0.05, 0) is 38.9 Å². The van der Waals surface area contributed by atoms with Crippen LogP contribution in [0.4, 0.5) is 0 Å². The lowest BCUT2D eigenvalue weighted by molar-refractivity contribution is 0.204. The molecule has 2 heterocycles. The molecule has 17 heavy (non-hydrogen) atoms. The summed E-state index contributed by atoms with van der Waals surface area (Å²) in [6, 6.07) is 1.86. The summed E-state index contributed by atoms with van der Waals surface area (Å²) in [4.78, 5) is 11.1. The van der Waals surface area contributed by atoms with Crippen LogP contribution in [0, 0.1) is 0 Å². The molecule has 1 atom stereocenters.